The molecule has 1 rings (SSSR count). The van der Waals surface area contributed by atoms with Crippen LogP contribution in [0.2, 0.25) is 0 Å². The maximum absolute atomic E-state index is 12.0. The number of hydrogen-bond acceptors (Lipinski definition) is 1. The average Bonchev–Trinajstić information content (AvgIpc) is 2.28. The van der Waals surface area contributed by atoms with Crippen LogP contribution in [0.5, 0.6) is 0 Å². The van der Waals surface area contributed by atoms with Gasteiger partial charge in [-0.3, -0.25) is 4.79 Å². The fourth-order valence-electron chi connectivity index (χ4n) is 1.74. The van der Waals surface area contributed by atoms with E-state index >= 15 is 0 Å². The summed E-state index contributed by atoms with van der Waals surface area (Å²) in [5.41, 5.74) is 0.795. The van der Waals surface area contributed by atoms with E-state index in [1.807, 2.05) is 18.2 Å². The van der Waals surface area contributed by atoms with E-state index in [0.29, 0.717) is 6.42 Å². The Balaban J connectivity index is 2.42. The van der Waals surface area contributed by atoms with Gasteiger partial charge < -0.3 is 0 Å². The summed E-state index contributed by atoms with van der Waals surface area (Å²) in [7, 11) is 0. The highest BCUT2D eigenvalue weighted by Crippen LogP contribution is 2.23. The van der Waals surface area contributed by atoms with Crippen molar-refractivity contribution in [3.05, 3.63) is 32.7 Å². The summed E-state index contributed by atoms with van der Waals surface area (Å²) in [6, 6.07) is 5.71. The third-order valence-corrected chi connectivity index (χ3v) is 3.89. The van der Waals surface area contributed by atoms with Crippen LogP contribution >= 0.6 is 31.9 Å². The van der Waals surface area contributed by atoms with Gasteiger partial charge in [-0.05, 0) is 24.6 Å². The molecule has 0 fully saturated rings. The molecule has 1 aromatic carbocycles. The highest BCUT2D eigenvalue weighted by atomic mass is 79.9. The molecule has 0 aliphatic heterocycles. The fourth-order valence-corrected chi connectivity index (χ4v) is 3.01. The predicted octanol–water partition coefficient (Wildman–Crippen LogP) is 5.75. The molecule has 0 unspecified atom stereocenters. The number of ketones is 1. The van der Waals surface area contributed by atoms with Gasteiger partial charge in [0.15, 0.2) is 5.78 Å². The number of hydrogen-bond donors (Lipinski definition) is 0. The molecular weight excluding hydrogens is 344 g/mol. The lowest BCUT2D eigenvalue weighted by Crippen LogP contribution is -2.00. The van der Waals surface area contributed by atoms with Crippen LogP contribution in [-0.4, -0.2) is 5.78 Å². The lowest BCUT2D eigenvalue weighted by Gasteiger charge is -2.04. The Hall–Kier alpha value is -0.150. The molecule has 17 heavy (non-hydrogen) atoms. The maximum Gasteiger partial charge on any atom is 0.164 e. The van der Waals surface area contributed by atoms with Crippen LogP contribution in [0.1, 0.15) is 55.8 Å². The molecule has 0 saturated carbocycles. The molecule has 3 heteroatoms. The lowest BCUT2D eigenvalue weighted by molar-refractivity contribution is 0.0978. The van der Waals surface area contributed by atoms with E-state index in [4.69, 9.17) is 0 Å². The molecule has 0 spiro atoms. The van der Waals surface area contributed by atoms with Crippen molar-refractivity contribution in [3.8, 4) is 0 Å². The summed E-state index contributed by atoms with van der Waals surface area (Å²) in [6.07, 6.45) is 6.58. The molecule has 0 amide bonds. The van der Waals surface area contributed by atoms with Crippen molar-refractivity contribution in [2.75, 3.05) is 0 Å². The van der Waals surface area contributed by atoms with Crippen LogP contribution in [0.4, 0.5) is 0 Å². The van der Waals surface area contributed by atoms with Crippen molar-refractivity contribution in [2.24, 2.45) is 0 Å². The zero-order valence-electron chi connectivity index (χ0n) is 10.1. The van der Waals surface area contributed by atoms with Gasteiger partial charge in [0, 0.05) is 20.9 Å². The van der Waals surface area contributed by atoms with Gasteiger partial charge in [-0.15, -0.1) is 0 Å². The molecule has 0 aliphatic carbocycles. The van der Waals surface area contributed by atoms with Gasteiger partial charge in [0.1, 0.15) is 0 Å². The zero-order chi connectivity index (χ0) is 12.7. The van der Waals surface area contributed by atoms with Gasteiger partial charge in [-0.1, -0.05) is 64.5 Å². The van der Waals surface area contributed by atoms with Crippen LogP contribution in [0.3, 0.4) is 0 Å². The Morgan fingerprint density at radius 3 is 2.47 bits per heavy atom. The highest BCUT2D eigenvalue weighted by Gasteiger charge is 2.09. The van der Waals surface area contributed by atoms with E-state index in [2.05, 4.69) is 38.8 Å². The molecular formula is C14H18Br2O. The smallest absolute Gasteiger partial charge is 0.164 e. The second-order valence-corrected chi connectivity index (χ2v) is 5.98. The van der Waals surface area contributed by atoms with Crippen LogP contribution in [-0.2, 0) is 0 Å². The largest absolute Gasteiger partial charge is 0.294 e. The minimum absolute atomic E-state index is 0.237. The van der Waals surface area contributed by atoms with Crippen LogP contribution in [0.25, 0.3) is 0 Å². The monoisotopic (exact) mass is 360 g/mol. The first-order chi connectivity index (χ1) is 8.15. The van der Waals surface area contributed by atoms with E-state index in [0.717, 1.165) is 27.4 Å². The molecule has 0 aromatic heterocycles. The summed E-state index contributed by atoms with van der Waals surface area (Å²) in [5, 5.41) is 0. The molecule has 1 nitrogen and oxygen atoms in total. The summed E-state index contributed by atoms with van der Waals surface area (Å²) < 4.78 is 1.87. The maximum atomic E-state index is 12.0. The van der Waals surface area contributed by atoms with Crippen LogP contribution < -0.4 is 0 Å². The van der Waals surface area contributed by atoms with Gasteiger partial charge >= 0.3 is 0 Å². The normalized spacial score (nSPS) is 10.5. The Labute approximate surface area is 120 Å². The van der Waals surface area contributed by atoms with E-state index in [9.17, 15) is 4.79 Å². The fraction of sp³-hybridized carbons (Fsp3) is 0.500. The van der Waals surface area contributed by atoms with Crippen LogP contribution in [0.15, 0.2) is 27.1 Å². The highest BCUT2D eigenvalue weighted by molar-refractivity contribution is 9.11. The molecule has 94 valence electrons. The summed E-state index contributed by atoms with van der Waals surface area (Å²) in [5.74, 6) is 0.237. The Morgan fingerprint density at radius 2 is 1.82 bits per heavy atom. The molecule has 0 saturated heterocycles. The zero-order valence-corrected chi connectivity index (χ0v) is 13.3. The van der Waals surface area contributed by atoms with Crippen molar-refractivity contribution in [2.45, 2.75) is 45.4 Å². The van der Waals surface area contributed by atoms with Crippen molar-refractivity contribution in [3.63, 3.8) is 0 Å². The van der Waals surface area contributed by atoms with Crippen LogP contribution in [0, 0.1) is 0 Å². The molecule has 0 N–H and O–H groups in total. The Bertz CT molecular complexity index is 374. The molecule has 0 aliphatic rings. The van der Waals surface area contributed by atoms with Crippen molar-refractivity contribution >= 4 is 37.6 Å². The first-order valence-corrected chi connectivity index (χ1v) is 7.72. The molecule has 1 aromatic rings. The summed E-state index contributed by atoms with van der Waals surface area (Å²) in [4.78, 5) is 12.0. The van der Waals surface area contributed by atoms with E-state index < -0.39 is 0 Å². The number of unbranched alkanes of at least 4 members (excludes halogenated alkanes) is 4. The van der Waals surface area contributed by atoms with E-state index in [1.165, 1.54) is 19.3 Å². The quantitative estimate of drug-likeness (QED) is 0.446. The SMILES string of the molecule is CCCCCCCC(=O)c1ccc(Br)cc1Br. The van der Waals surface area contributed by atoms with Gasteiger partial charge in [0.25, 0.3) is 0 Å². The number of Topliss-reactive ketones (excluding diaryl/α,β-unsaturated/α-hetero) is 1. The first kappa shape index (κ1) is 14.9. The third-order valence-electron chi connectivity index (χ3n) is 2.74. The number of halogens is 2. The third kappa shape index (κ3) is 5.35. The standard InChI is InChI=1S/C14H18Br2O/c1-2-3-4-5-6-7-14(17)12-9-8-11(15)10-13(12)16/h8-10H,2-7H2,1H3. The van der Waals surface area contributed by atoms with Crippen molar-refractivity contribution in [1.82, 2.24) is 0 Å². The molecule has 0 radical (unpaired) electrons. The number of benzene rings is 1. The summed E-state index contributed by atoms with van der Waals surface area (Å²) in [6.45, 7) is 2.20. The van der Waals surface area contributed by atoms with Gasteiger partial charge in [-0.2, -0.15) is 0 Å². The topological polar surface area (TPSA) is 17.1 Å². The molecule has 0 heterocycles. The van der Waals surface area contributed by atoms with E-state index in [-0.39, 0.29) is 5.78 Å². The van der Waals surface area contributed by atoms with Gasteiger partial charge in [0.2, 0.25) is 0 Å². The minimum atomic E-state index is 0.237. The number of carbonyl (C=O) groups excluding carboxylic acids is 1. The second-order valence-electron chi connectivity index (χ2n) is 4.21. The number of carbonyl (C=O) groups is 1. The van der Waals surface area contributed by atoms with Crippen molar-refractivity contribution < 1.29 is 4.79 Å². The minimum Gasteiger partial charge on any atom is -0.294 e. The second kappa shape index (κ2) is 8.04. The van der Waals surface area contributed by atoms with Gasteiger partial charge in [0.05, 0.1) is 0 Å². The van der Waals surface area contributed by atoms with Gasteiger partial charge in [-0.25, -0.2) is 0 Å². The first-order valence-electron chi connectivity index (χ1n) is 6.13. The van der Waals surface area contributed by atoms with E-state index in [1.54, 1.807) is 0 Å². The number of rotatable bonds is 7. The average molecular weight is 362 g/mol. The predicted molar refractivity (Wildman–Crippen MR) is 79.5 cm³/mol. The summed E-state index contributed by atoms with van der Waals surface area (Å²) >= 11 is 6.82. The molecule has 0 bridgehead atoms. The lowest BCUT2D eigenvalue weighted by atomic mass is 10.0. The van der Waals surface area contributed by atoms with Crippen molar-refractivity contribution in [1.29, 1.82) is 0 Å². The Kier molecular flexibility index (Phi) is 7.05. The molecule has 0 atom stereocenters. The Morgan fingerprint density at radius 1 is 1.12 bits per heavy atom.